The molecule has 2 aromatic carbocycles. The average Bonchev–Trinajstić information content (AvgIpc) is 2.92. The van der Waals surface area contributed by atoms with Gasteiger partial charge in [0, 0.05) is 44.4 Å². The molecule has 0 saturated carbocycles. The van der Waals surface area contributed by atoms with Crippen molar-refractivity contribution in [2.75, 3.05) is 64.4 Å². The molecule has 14 heteroatoms. The summed E-state index contributed by atoms with van der Waals surface area (Å²) in [6.07, 6.45) is -0.412. The van der Waals surface area contributed by atoms with Crippen LogP contribution in [0.1, 0.15) is 10.4 Å². The largest absolute Gasteiger partial charge is 0.379 e. The Kier molecular flexibility index (Phi) is 8.89. The molecule has 2 heterocycles. The van der Waals surface area contributed by atoms with Gasteiger partial charge in [0.1, 0.15) is 5.69 Å². The zero-order chi connectivity index (χ0) is 27.1. The number of nitrogens with zero attached hydrogens (tertiary/aromatic N) is 3. The second kappa shape index (κ2) is 12.3. The molecular formula is C24H29N5O8S. The molecule has 1 atom stereocenters. The van der Waals surface area contributed by atoms with Crippen molar-refractivity contribution in [3.05, 3.63) is 64.2 Å². The van der Waals surface area contributed by atoms with E-state index in [1.165, 1.54) is 24.3 Å². The Morgan fingerprint density at radius 2 is 1.79 bits per heavy atom. The molecule has 1 unspecified atom stereocenters. The molecule has 2 amide bonds. The number of nitro benzene ring substituents is 1. The van der Waals surface area contributed by atoms with E-state index in [1.807, 2.05) is 9.62 Å². The van der Waals surface area contributed by atoms with Crippen molar-refractivity contribution in [3.63, 3.8) is 0 Å². The van der Waals surface area contributed by atoms with Crippen molar-refractivity contribution in [1.82, 2.24) is 14.5 Å². The molecule has 2 aromatic rings. The predicted octanol–water partition coefficient (Wildman–Crippen LogP) is 0.685. The van der Waals surface area contributed by atoms with Crippen LogP contribution in [0.3, 0.4) is 0 Å². The maximum absolute atomic E-state index is 12.7. The smallest absolute Gasteiger partial charge is 0.293 e. The molecule has 13 nitrogen and oxygen atoms in total. The van der Waals surface area contributed by atoms with Gasteiger partial charge >= 0.3 is 0 Å². The van der Waals surface area contributed by atoms with Gasteiger partial charge in [0.15, 0.2) is 0 Å². The van der Waals surface area contributed by atoms with Gasteiger partial charge in [-0.05, 0) is 24.3 Å². The number of nitro groups is 1. The second-order valence-corrected chi connectivity index (χ2v) is 10.5. The van der Waals surface area contributed by atoms with Gasteiger partial charge in [0.2, 0.25) is 5.91 Å². The first-order chi connectivity index (χ1) is 18.2. The number of rotatable bonds is 9. The fraction of sp³-hybridized carbons (Fsp3) is 0.417. The first-order valence-corrected chi connectivity index (χ1v) is 13.6. The van der Waals surface area contributed by atoms with Crippen LogP contribution in [-0.2, 0) is 24.3 Å². The molecule has 0 aliphatic carbocycles. The van der Waals surface area contributed by atoms with Gasteiger partial charge in [-0.15, -0.1) is 0 Å². The van der Waals surface area contributed by atoms with Crippen molar-refractivity contribution in [1.29, 1.82) is 0 Å². The molecule has 2 aliphatic heterocycles. The summed E-state index contributed by atoms with van der Waals surface area (Å²) in [7, 11) is -4.36. The van der Waals surface area contributed by atoms with E-state index in [9.17, 15) is 28.1 Å². The standard InChI is InChI=1S/C24H29N5O8S/c30-23(17-27-8-11-36-12-9-27)28-10-13-37-19(16-28)15-25-21-7-6-20(14-22(21)29(32)33)38(34,35)26-24(31)18-4-2-1-3-5-18/h1-7,14,19,25H,8-13,15-17H2,(H,26,31). The molecule has 0 bridgehead atoms. The van der Waals surface area contributed by atoms with Crippen molar-refractivity contribution in [2.24, 2.45) is 0 Å². The highest BCUT2D eigenvalue weighted by atomic mass is 32.2. The highest BCUT2D eigenvalue weighted by Crippen LogP contribution is 2.28. The first kappa shape index (κ1) is 27.4. The van der Waals surface area contributed by atoms with Gasteiger partial charge in [-0.1, -0.05) is 18.2 Å². The number of ether oxygens (including phenoxy) is 2. The maximum atomic E-state index is 12.7. The summed E-state index contributed by atoms with van der Waals surface area (Å²) in [6, 6.07) is 11.1. The summed E-state index contributed by atoms with van der Waals surface area (Å²) in [5.41, 5.74) is -0.256. The summed E-state index contributed by atoms with van der Waals surface area (Å²) in [5.74, 6) is -0.865. The van der Waals surface area contributed by atoms with Crippen molar-refractivity contribution < 1.29 is 32.4 Å². The number of carbonyl (C=O) groups excluding carboxylic acids is 2. The number of hydrogen-bond acceptors (Lipinski definition) is 10. The van der Waals surface area contributed by atoms with E-state index in [4.69, 9.17) is 9.47 Å². The minimum absolute atomic E-state index is 0.0155. The van der Waals surface area contributed by atoms with E-state index < -0.39 is 37.5 Å². The number of anilines is 1. The van der Waals surface area contributed by atoms with Gasteiger partial charge in [-0.25, -0.2) is 13.1 Å². The fourth-order valence-electron chi connectivity index (χ4n) is 4.15. The quantitative estimate of drug-likeness (QED) is 0.338. The van der Waals surface area contributed by atoms with E-state index in [2.05, 4.69) is 5.32 Å². The lowest BCUT2D eigenvalue weighted by atomic mass is 10.2. The average molecular weight is 548 g/mol. The van der Waals surface area contributed by atoms with E-state index >= 15 is 0 Å². The Labute approximate surface area is 219 Å². The number of morpholine rings is 2. The summed E-state index contributed by atoms with van der Waals surface area (Å²) < 4.78 is 38.4. The maximum Gasteiger partial charge on any atom is 0.293 e. The zero-order valence-electron chi connectivity index (χ0n) is 20.6. The Balaban J connectivity index is 1.38. The van der Waals surface area contributed by atoms with E-state index in [-0.39, 0.29) is 23.7 Å². The highest BCUT2D eigenvalue weighted by Gasteiger charge is 2.28. The summed E-state index contributed by atoms with van der Waals surface area (Å²) in [4.78, 5) is 39.3. The Morgan fingerprint density at radius 3 is 2.50 bits per heavy atom. The Hall–Kier alpha value is -3.59. The monoisotopic (exact) mass is 547 g/mol. The van der Waals surface area contributed by atoms with E-state index in [1.54, 1.807) is 23.1 Å². The number of hydrogen-bond donors (Lipinski definition) is 2. The molecule has 2 N–H and O–H groups in total. The number of carbonyl (C=O) groups is 2. The van der Waals surface area contributed by atoms with Crippen LogP contribution in [0.25, 0.3) is 0 Å². The van der Waals surface area contributed by atoms with E-state index in [0.717, 1.165) is 6.07 Å². The summed E-state index contributed by atoms with van der Waals surface area (Å²) >= 11 is 0. The van der Waals surface area contributed by atoms with Gasteiger partial charge in [-0.3, -0.25) is 24.6 Å². The predicted molar refractivity (Wildman–Crippen MR) is 136 cm³/mol. The molecule has 2 aliphatic rings. The number of sulfonamides is 1. The number of nitrogens with one attached hydrogen (secondary N) is 2. The highest BCUT2D eigenvalue weighted by molar-refractivity contribution is 7.90. The Morgan fingerprint density at radius 1 is 1.05 bits per heavy atom. The third kappa shape index (κ3) is 7.04. The minimum Gasteiger partial charge on any atom is -0.379 e. The Bertz CT molecular complexity index is 1270. The van der Waals surface area contributed by atoms with Crippen LogP contribution < -0.4 is 10.0 Å². The SMILES string of the molecule is O=C(NS(=O)(=O)c1ccc(NCC2CN(C(=O)CN3CCOCC3)CCO2)c([N+](=O)[O-])c1)c1ccccc1. The molecule has 4 rings (SSSR count). The van der Waals surface area contributed by atoms with E-state index in [0.29, 0.717) is 52.5 Å². The van der Waals surface area contributed by atoms with Crippen LogP contribution in [0.4, 0.5) is 11.4 Å². The second-order valence-electron chi connectivity index (χ2n) is 8.84. The summed E-state index contributed by atoms with van der Waals surface area (Å²) in [5, 5.41) is 14.6. The fourth-order valence-corrected chi connectivity index (χ4v) is 5.15. The molecule has 0 aromatic heterocycles. The van der Waals surface area contributed by atoms with Crippen molar-refractivity contribution in [2.45, 2.75) is 11.0 Å². The molecule has 2 saturated heterocycles. The molecule has 204 valence electrons. The number of benzene rings is 2. The topological polar surface area (TPSA) is 160 Å². The van der Waals surface area contributed by atoms with Crippen LogP contribution in [-0.4, -0.2) is 100 Å². The zero-order valence-corrected chi connectivity index (χ0v) is 21.4. The number of amides is 2. The lowest BCUT2D eigenvalue weighted by molar-refractivity contribution is -0.384. The lowest BCUT2D eigenvalue weighted by Gasteiger charge is -2.35. The molecule has 2 fully saturated rings. The first-order valence-electron chi connectivity index (χ1n) is 12.1. The normalized spacial score (nSPS) is 18.5. The third-order valence-corrected chi connectivity index (χ3v) is 7.54. The third-order valence-electron chi connectivity index (χ3n) is 6.21. The molecule has 0 radical (unpaired) electrons. The van der Waals surface area contributed by atoms with Crippen LogP contribution >= 0.6 is 0 Å². The van der Waals surface area contributed by atoms with Crippen LogP contribution in [0.5, 0.6) is 0 Å². The molecule has 38 heavy (non-hydrogen) atoms. The van der Waals surface area contributed by atoms with Gasteiger partial charge < -0.3 is 19.7 Å². The van der Waals surface area contributed by atoms with Crippen molar-refractivity contribution in [3.8, 4) is 0 Å². The lowest BCUT2D eigenvalue weighted by Crippen LogP contribution is -2.51. The minimum atomic E-state index is -4.36. The van der Waals surface area contributed by atoms with Crippen molar-refractivity contribution >= 4 is 33.2 Å². The van der Waals surface area contributed by atoms with Crippen LogP contribution in [0.2, 0.25) is 0 Å². The molecule has 0 spiro atoms. The van der Waals surface area contributed by atoms with Gasteiger partial charge in [0.25, 0.3) is 21.6 Å². The van der Waals surface area contributed by atoms with Crippen LogP contribution in [0.15, 0.2) is 53.4 Å². The molecular weight excluding hydrogens is 518 g/mol. The van der Waals surface area contributed by atoms with Gasteiger partial charge in [0.05, 0.1) is 42.3 Å². The van der Waals surface area contributed by atoms with Crippen LogP contribution in [0, 0.1) is 10.1 Å². The van der Waals surface area contributed by atoms with Gasteiger partial charge in [-0.2, -0.15) is 0 Å². The summed E-state index contributed by atoms with van der Waals surface area (Å²) in [6.45, 7) is 4.18.